The second-order valence-corrected chi connectivity index (χ2v) is 4.33. The van der Waals surface area contributed by atoms with E-state index >= 15 is 0 Å². The second-order valence-electron chi connectivity index (χ2n) is 4.33. The molecule has 0 fully saturated rings. The maximum absolute atomic E-state index is 10.7. The number of non-ortho nitro benzene ring substituents is 1. The molecule has 2 aromatic carbocycles. The highest BCUT2D eigenvalue weighted by Gasteiger charge is 2.05. The van der Waals surface area contributed by atoms with Gasteiger partial charge in [-0.05, 0) is 36.2 Å². The number of methoxy groups -OCH3 is 1. The highest BCUT2D eigenvalue weighted by atomic mass is 16.6. The number of nitro benzene ring substituents is 1. The van der Waals surface area contributed by atoms with E-state index in [-0.39, 0.29) is 10.6 Å². The molecule has 1 N–H and O–H groups in total. The number of anilines is 1. The van der Waals surface area contributed by atoms with Crippen LogP contribution in [0.2, 0.25) is 0 Å². The fourth-order valence-electron chi connectivity index (χ4n) is 1.89. The molecule has 0 aromatic heterocycles. The third-order valence-corrected chi connectivity index (χ3v) is 2.95. The van der Waals surface area contributed by atoms with Gasteiger partial charge in [-0.25, -0.2) is 0 Å². The molecule has 104 valence electrons. The van der Waals surface area contributed by atoms with Crippen molar-refractivity contribution in [2.75, 3.05) is 19.0 Å². The minimum atomic E-state index is -0.375. The number of nitrogens with one attached hydrogen (secondary N) is 1. The van der Waals surface area contributed by atoms with Crippen LogP contribution in [0, 0.1) is 10.1 Å². The third kappa shape index (κ3) is 3.71. The lowest BCUT2D eigenvalue weighted by Gasteiger charge is -2.07. The van der Waals surface area contributed by atoms with Gasteiger partial charge < -0.3 is 10.1 Å². The first kappa shape index (κ1) is 13.9. The number of ether oxygens (including phenoxy) is 1. The van der Waals surface area contributed by atoms with E-state index in [2.05, 4.69) is 5.32 Å². The van der Waals surface area contributed by atoms with Crippen molar-refractivity contribution >= 4 is 11.4 Å². The molecule has 0 aliphatic heterocycles. The van der Waals surface area contributed by atoms with Gasteiger partial charge in [0, 0.05) is 24.4 Å². The van der Waals surface area contributed by atoms with Crippen molar-refractivity contribution in [3.63, 3.8) is 0 Å². The monoisotopic (exact) mass is 272 g/mol. The van der Waals surface area contributed by atoms with Gasteiger partial charge in [-0.15, -0.1) is 0 Å². The zero-order valence-electron chi connectivity index (χ0n) is 11.2. The van der Waals surface area contributed by atoms with Crippen LogP contribution in [-0.4, -0.2) is 18.6 Å². The van der Waals surface area contributed by atoms with Crippen molar-refractivity contribution in [2.45, 2.75) is 6.42 Å². The quantitative estimate of drug-likeness (QED) is 0.647. The number of benzene rings is 2. The summed E-state index contributed by atoms with van der Waals surface area (Å²) in [7, 11) is 1.63. The van der Waals surface area contributed by atoms with Crippen molar-refractivity contribution in [1.29, 1.82) is 0 Å². The Hall–Kier alpha value is -2.56. The van der Waals surface area contributed by atoms with Crippen LogP contribution in [0.25, 0.3) is 0 Å². The van der Waals surface area contributed by atoms with Crippen LogP contribution in [0.1, 0.15) is 5.56 Å². The zero-order chi connectivity index (χ0) is 14.4. The first-order valence-corrected chi connectivity index (χ1v) is 6.30. The molecule has 0 unspecified atom stereocenters. The number of hydrogen-bond acceptors (Lipinski definition) is 4. The maximum Gasteiger partial charge on any atom is 0.269 e. The van der Waals surface area contributed by atoms with E-state index in [1.165, 1.54) is 6.07 Å². The van der Waals surface area contributed by atoms with E-state index in [1.807, 2.05) is 30.3 Å². The molecule has 2 rings (SSSR count). The van der Waals surface area contributed by atoms with Gasteiger partial charge in [-0.2, -0.15) is 0 Å². The zero-order valence-corrected chi connectivity index (χ0v) is 11.2. The lowest BCUT2D eigenvalue weighted by atomic mass is 10.1. The highest BCUT2D eigenvalue weighted by Crippen LogP contribution is 2.16. The van der Waals surface area contributed by atoms with Crippen molar-refractivity contribution in [2.24, 2.45) is 0 Å². The lowest BCUT2D eigenvalue weighted by molar-refractivity contribution is -0.384. The number of nitrogens with zero attached hydrogens (tertiary/aromatic N) is 1. The molecule has 2 aromatic rings. The van der Waals surface area contributed by atoms with Crippen LogP contribution >= 0.6 is 0 Å². The fraction of sp³-hybridized carbons (Fsp3) is 0.200. The molecule has 0 aliphatic rings. The number of hydrogen-bond donors (Lipinski definition) is 1. The van der Waals surface area contributed by atoms with E-state index in [0.717, 1.165) is 23.4 Å². The topological polar surface area (TPSA) is 64.4 Å². The summed E-state index contributed by atoms with van der Waals surface area (Å²) in [5, 5.41) is 14.0. The Kier molecular flexibility index (Phi) is 4.55. The molecule has 0 aliphatic carbocycles. The predicted octanol–water partition coefficient (Wildman–Crippen LogP) is 3.26. The standard InChI is InChI=1S/C15H16N2O3/c1-20-15-7-5-13(6-8-15)16-10-9-12-3-2-4-14(11-12)17(18)19/h2-8,11,16H,9-10H2,1H3. The molecular formula is C15H16N2O3. The Morgan fingerprint density at radius 2 is 1.95 bits per heavy atom. The summed E-state index contributed by atoms with van der Waals surface area (Å²) in [5.74, 6) is 0.814. The Labute approximate surface area is 117 Å². The first-order valence-electron chi connectivity index (χ1n) is 6.30. The van der Waals surface area contributed by atoms with E-state index in [4.69, 9.17) is 4.74 Å². The average Bonchev–Trinajstić information content (AvgIpc) is 2.48. The molecule has 0 radical (unpaired) electrons. The molecule has 0 amide bonds. The van der Waals surface area contributed by atoms with E-state index in [9.17, 15) is 10.1 Å². The summed E-state index contributed by atoms with van der Waals surface area (Å²) in [6.45, 7) is 0.716. The highest BCUT2D eigenvalue weighted by molar-refractivity contribution is 5.46. The minimum absolute atomic E-state index is 0.131. The largest absolute Gasteiger partial charge is 0.497 e. The van der Waals surface area contributed by atoms with Crippen LogP contribution in [0.5, 0.6) is 5.75 Å². The molecule has 0 saturated carbocycles. The molecular weight excluding hydrogens is 256 g/mol. The predicted molar refractivity (Wildman–Crippen MR) is 78.3 cm³/mol. The van der Waals surface area contributed by atoms with Gasteiger partial charge in [0.2, 0.25) is 0 Å². The van der Waals surface area contributed by atoms with Crippen LogP contribution in [-0.2, 0) is 6.42 Å². The van der Waals surface area contributed by atoms with Crippen LogP contribution in [0.3, 0.4) is 0 Å². The minimum Gasteiger partial charge on any atom is -0.497 e. The Morgan fingerprint density at radius 3 is 2.60 bits per heavy atom. The summed E-state index contributed by atoms with van der Waals surface area (Å²) in [5.41, 5.74) is 2.07. The van der Waals surface area contributed by atoms with Crippen LogP contribution in [0.4, 0.5) is 11.4 Å². The van der Waals surface area contributed by atoms with Crippen LogP contribution in [0.15, 0.2) is 48.5 Å². The summed E-state index contributed by atoms with van der Waals surface area (Å²) in [6, 6.07) is 14.4. The molecule has 0 spiro atoms. The van der Waals surface area contributed by atoms with E-state index in [0.29, 0.717) is 6.54 Å². The summed E-state index contributed by atoms with van der Waals surface area (Å²) in [6.07, 6.45) is 0.730. The lowest BCUT2D eigenvalue weighted by Crippen LogP contribution is -2.05. The number of rotatable bonds is 6. The fourth-order valence-corrected chi connectivity index (χ4v) is 1.89. The molecule has 0 saturated heterocycles. The maximum atomic E-state index is 10.7. The molecule has 5 heteroatoms. The molecule has 5 nitrogen and oxygen atoms in total. The molecule has 0 atom stereocenters. The smallest absolute Gasteiger partial charge is 0.269 e. The average molecular weight is 272 g/mol. The van der Waals surface area contributed by atoms with Gasteiger partial charge in [0.05, 0.1) is 12.0 Å². The van der Waals surface area contributed by atoms with E-state index in [1.54, 1.807) is 19.2 Å². The first-order chi connectivity index (χ1) is 9.69. The van der Waals surface area contributed by atoms with Crippen molar-refractivity contribution < 1.29 is 9.66 Å². The van der Waals surface area contributed by atoms with Gasteiger partial charge in [-0.1, -0.05) is 12.1 Å². The van der Waals surface area contributed by atoms with Gasteiger partial charge in [0.1, 0.15) is 5.75 Å². The van der Waals surface area contributed by atoms with Crippen molar-refractivity contribution in [3.8, 4) is 5.75 Å². The Morgan fingerprint density at radius 1 is 1.20 bits per heavy atom. The van der Waals surface area contributed by atoms with Gasteiger partial charge >= 0.3 is 0 Å². The third-order valence-electron chi connectivity index (χ3n) is 2.95. The van der Waals surface area contributed by atoms with Crippen molar-refractivity contribution in [3.05, 3.63) is 64.2 Å². The molecule has 20 heavy (non-hydrogen) atoms. The Balaban J connectivity index is 1.88. The van der Waals surface area contributed by atoms with Crippen molar-refractivity contribution in [1.82, 2.24) is 0 Å². The molecule has 0 heterocycles. The normalized spacial score (nSPS) is 10.1. The van der Waals surface area contributed by atoms with Gasteiger partial charge in [-0.3, -0.25) is 10.1 Å². The summed E-state index contributed by atoms with van der Waals surface area (Å²) in [4.78, 5) is 10.3. The second kappa shape index (κ2) is 6.56. The van der Waals surface area contributed by atoms with Gasteiger partial charge in [0.25, 0.3) is 5.69 Å². The Bertz CT molecular complexity index is 582. The SMILES string of the molecule is COc1ccc(NCCc2cccc([N+](=O)[O-])c2)cc1. The van der Waals surface area contributed by atoms with E-state index < -0.39 is 0 Å². The summed E-state index contributed by atoms with van der Waals surface area (Å²) >= 11 is 0. The van der Waals surface area contributed by atoms with Crippen LogP contribution < -0.4 is 10.1 Å². The summed E-state index contributed by atoms with van der Waals surface area (Å²) < 4.78 is 5.09. The number of nitro groups is 1. The van der Waals surface area contributed by atoms with Gasteiger partial charge in [0.15, 0.2) is 0 Å². The molecule has 0 bridgehead atoms.